The number of hydrogen-bond acceptors (Lipinski definition) is 8. The number of nitro groups is 1. The number of rotatable bonds is 7. The third-order valence-electron chi connectivity index (χ3n) is 4.36. The van der Waals surface area contributed by atoms with Crippen molar-refractivity contribution >= 4 is 40.7 Å². The van der Waals surface area contributed by atoms with Crippen LogP contribution in [0.5, 0.6) is 5.75 Å². The van der Waals surface area contributed by atoms with E-state index >= 15 is 0 Å². The zero-order chi connectivity index (χ0) is 23.4. The van der Waals surface area contributed by atoms with Gasteiger partial charge in [0.05, 0.1) is 29.7 Å². The van der Waals surface area contributed by atoms with E-state index in [1.54, 1.807) is 12.1 Å². The van der Waals surface area contributed by atoms with Crippen LogP contribution in [-0.4, -0.2) is 35.1 Å². The zero-order valence-electron chi connectivity index (χ0n) is 16.7. The monoisotopic (exact) mass is 480 g/mol. The molecule has 9 nitrogen and oxygen atoms in total. The summed E-state index contributed by atoms with van der Waals surface area (Å²) in [5.74, 6) is -2.20. The largest absolute Gasteiger partial charge is 0.492 e. The van der Waals surface area contributed by atoms with E-state index in [9.17, 15) is 19.3 Å². The number of carbonyl (C=O) groups is 1. The first-order valence-corrected chi connectivity index (χ1v) is 9.68. The van der Waals surface area contributed by atoms with Crippen molar-refractivity contribution in [3.8, 4) is 17.1 Å². The van der Waals surface area contributed by atoms with E-state index in [2.05, 4.69) is 15.3 Å². The Morgan fingerprint density at radius 2 is 1.91 bits per heavy atom. The van der Waals surface area contributed by atoms with Crippen LogP contribution in [0.4, 0.5) is 15.9 Å². The summed E-state index contributed by atoms with van der Waals surface area (Å²) in [6.07, 6.45) is 0. The van der Waals surface area contributed by atoms with Crippen LogP contribution in [0.25, 0.3) is 11.4 Å². The Morgan fingerprint density at radius 3 is 2.56 bits per heavy atom. The van der Waals surface area contributed by atoms with Crippen LogP contribution in [0.2, 0.25) is 10.0 Å². The van der Waals surface area contributed by atoms with Crippen molar-refractivity contribution in [1.29, 1.82) is 0 Å². The van der Waals surface area contributed by atoms with Crippen molar-refractivity contribution in [1.82, 2.24) is 9.97 Å². The molecular formula is C20H15Cl2FN4O5. The standard InChI is InChI=1S/C20H15Cl2FN4O5/c1-31-17-12(21)8-7-11(15(17)23)18-25-16(20(28)32-2)14(22)19(26-18)24-9-10-5-3-4-6-13(10)27(29)30/h3-8H,9H2,1-2H3,(H,24,25,26). The fourth-order valence-corrected chi connectivity index (χ4v) is 3.28. The van der Waals surface area contributed by atoms with Gasteiger partial charge in [0.2, 0.25) is 0 Å². The Labute approximate surface area is 191 Å². The van der Waals surface area contributed by atoms with Crippen molar-refractivity contribution in [2.24, 2.45) is 0 Å². The maximum atomic E-state index is 14.9. The average molecular weight is 481 g/mol. The number of para-hydroxylation sites is 1. The van der Waals surface area contributed by atoms with Crippen molar-refractivity contribution < 1.29 is 23.6 Å². The highest BCUT2D eigenvalue weighted by molar-refractivity contribution is 6.35. The summed E-state index contributed by atoms with van der Waals surface area (Å²) in [6, 6.07) is 8.76. The number of methoxy groups -OCH3 is 2. The van der Waals surface area contributed by atoms with Gasteiger partial charge in [-0.25, -0.2) is 19.2 Å². The molecule has 166 valence electrons. The highest BCUT2D eigenvalue weighted by Crippen LogP contribution is 2.35. The Kier molecular flexibility index (Phi) is 7.06. The number of nitrogens with zero attached hydrogens (tertiary/aromatic N) is 3. The summed E-state index contributed by atoms with van der Waals surface area (Å²) in [5.41, 5.74) is -0.209. The van der Waals surface area contributed by atoms with Crippen LogP contribution >= 0.6 is 23.2 Å². The molecule has 32 heavy (non-hydrogen) atoms. The second kappa shape index (κ2) is 9.75. The molecule has 0 unspecified atom stereocenters. The van der Waals surface area contributed by atoms with Gasteiger partial charge in [-0.1, -0.05) is 41.4 Å². The molecule has 3 rings (SSSR count). The summed E-state index contributed by atoms with van der Waals surface area (Å²) in [7, 11) is 2.38. The van der Waals surface area contributed by atoms with Crippen LogP contribution in [0.15, 0.2) is 36.4 Å². The summed E-state index contributed by atoms with van der Waals surface area (Å²) >= 11 is 12.2. The molecule has 0 saturated carbocycles. The number of esters is 1. The third-order valence-corrected chi connectivity index (χ3v) is 5.01. The van der Waals surface area contributed by atoms with E-state index in [-0.39, 0.29) is 50.9 Å². The van der Waals surface area contributed by atoms with Crippen LogP contribution in [0.1, 0.15) is 16.1 Å². The highest BCUT2D eigenvalue weighted by atomic mass is 35.5. The van der Waals surface area contributed by atoms with Gasteiger partial charge in [0, 0.05) is 18.2 Å². The lowest BCUT2D eigenvalue weighted by Gasteiger charge is -2.14. The molecule has 0 spiro atoms. The molecule has 0 amide bonds. The molecule has 0 saturated heterocycles. The molecule has 0 aliphatic heterocycles. The van der Waals surface area contributed by atoms with Crippen molar-refractivity contribution in [2.45, 2.75) is 6.54 Å². The van der Waals surface area contributed by atoms with Crippen LogP contribution < -0.4 is 10.1 Å². The fourth-order valence-electron chi connectivity index (χ4n) is 2.83. The van der Waals surface area contributed by atoms with Crippen molar-refractivity contribution in [3.63, 3.8) is 0 Å². The van der Waals surface area contributed by atoms with E-state index in [1.165, 1.54) is 31.4 Å². The molecule has 1 heterocycles. The summed E-state index contributed by atoms with van der Waals surface area (Å²) in [5, 5.41) is 13.9. The van der Waals surface area contributed by atoms with Crippen molar-refractivity contribution in [3.05, 3.63) is 73.6 Å². The Bertz CT molecular complexity index is 1210. The van der Waals surface area contributed by atoms with E-state index in [4.69, 9.17) is 32.7 Å². The number of anilines is 1. The number of ether oxygens (including phenoxy) is 2. The SMILES string of the molecule is COC(=O)c1nc(-c2ccc(Cl)c(OC)c2F)nc(NCc2ccccc2[N+](=O)[O-])c1Cl. The Hall–Kier alpha value is -3.50. The number of nitrogens with one attached hydrogen (secondary N) is 1. The molecule has 0 aliphatic carbocycles. The van der Waals surface area contributed by atoms with Gasteiger partial charge >= 0.3 is 5.97 Å². The van der Waals surface area contributed by atoms with E-state index in [0.29, 0.717) is 5.56 Å². The van der Waals surface area contributed by atoms with Gasteiger partial charge in [-0.05, 0) is 12.1 Å². The molecule has 1 aromatic heterocycles. The van der Waals surface area contributed by atoms with E-state index < -0.39 is 16.7 Å². The van der Waals surface area contributed by atoms with E-state index in [1.807, 2.05) is 0 Å². The average Bonchev–Trinajstić information content (AvgIpc) is 2.78. The Balaban J connectivity index is 2.10. The third kappa shape index (κ3) is 4.56. The predicted octanol–water partition coefficient (Wildman–Crippen LogP) is 4.91. The molecule has 1 N–H and O–H groups in total. The van der Waals surface area contributed by atoms with Gasteiger partial charge in [0.1, 0.15) is 10.8 Å². The van der Waals surface area contributed by atoms with Gasteiger partial charge in [0.15, 0.2) is 23.1 Å². The number of nitro benzene ring substituents is 1. The minimum Gasteiger partial charge on any atom is -0.492 e. The number of carbonyl (C=O) groups excluding carboxylic acids is 1. The van der Waals surface area contributed by atoms with Gasteiger partial charge in [-0.2, -0.15) is 0 Å². The first-order valence-electron chi connectivity index (χ1n) is 8.92. The maximum absolute atomic E-state index is 14.9. The molecule has 0 fully saturated rings. The van der Waals surface area contributed by atoms with Crippen LogP contribution in [-0.2, 0) is 11.3 Å². The Morgan fingerprint density at radius 1 is 1.19 bits per heavy atom. The highest BCUT2D eigenvalue weighted by Gasteiger charge is 2.24. The van der Waals surface area contributed by atoms with Gasteiger partial charge in [-0.3, -0.25) is 10.1 Å². The quantitative estimate of drug-likeness (QED) is 0.288. The second-order valence-electron chi connectivity index (χ2n) is 6.23. The lowest BCUT2D eigenvalue weighted by atomic mass is 10.1. The molecule has 0 bridgehead atoms. The number of hydrogen-bond donors (Lipinski definition) is 1. The summed E-state index contributed by atoms with van der Waals surface area (Å²) in [4.78, 5) is 31.2. The van der Waals surface area contributed by atoms with E-state index in [0.717, 1.165) is 7.11 Å². The molecule has 0 atom stereocenters. The molecule has 2 aromatic carbocycles. The minimum atomic E-state index is -0.881. The lowest BCUT2D eigenvalue weighted by Crippen LogP contribution is -2.12. The molecule has 12 heteroatoms. The van der Waals surface area contributed by atoms with Crippen LogP contribution in [0, 0.1) is 15.9 Å². The normalized spacial score (nSPS) is 10.5. The molecule has 0 radical (unpaired) electrons. The fraction of sp³-hybridized carbons (Fsp3) is 0.150. The minimum absolute atomic E-state index is 0.0330. The smallest absolute Gasteiger partial charge is 0.358 e. The first-order chi connectivity index (χ1) is 15.3. The lowest BCUT2D eigenvalue weighted by molar-refractivity contribution is -0.385. The van der Waals surface area contributed by atoms with Gasteiger partial charge in [0.25, 0.3) is 5.69 Å². The second-order valence-corrected chi connectivity index (χ2v) is 7.02. The molecule has 0 aliphatic rings. The number of aromatic nitrogens is 2. The topological polar surface area (TPSA) is 116 Å². The maximum Gasteiger partial charge on any atom is 0.358 e. The van der Waals surface area contributed by atoms with Crippen molar-refractivity contribution in [2.75, 3.05) is 19.5 Å². The van der Waals surface area contributed by atoms with Gasteiger partial charge in [-0.15, -0.1) is 0 Å². The van der Waals surface area contributed by atoms with Gasteiger partial charge < -0.3 is 14.8 Å². The first kappa shape index (κ1) is 23.2. The molecular weight excluding hydrogens is 466 g/mol. The number of benzene rings is 2. The number of halogens is 3. The zero-order valence-corrected chi connectivity index (χ0v) is 18.2. The predicted molar refractivity (Wildman–Crippen MR) is 116 cm³/mol. The summed E-state index contributed by atoms with van der Waals surface area (Å²) in [6.45, 7) is -0.0552. The summed E-state index contributed by atoms with van der Waals surface area (Å²) < 4.78 is 24.6. The molecule has 3 aromatic rings. The van der Waals surface area contributed by atoms with Crippen LogP contribution in [0.3, 0.4) is 0 Å².